The largest absolute Gasteiger partial charge is 0.370 e. The Bertz CT molecular complexity index is 508. The highest BCUT2D eigenvalue weighted by Crippen LogP contribution is 2.26. The number of aryl methyl sites for hydroxylation is 2. The zero-order chi connectivity index (χ0) is 12.3. The molecule has 2 aromatic rings. The van der Waals surface area contributed by atoms with Gasteiger partial charge in [0.25, 0.3) is 0 Å². The fourth-order valence-corrected chi connectivity index (χ4v) is 2.33. The monoisotopic (exact) mass is 249 g/mol. The summed E-state index contributed by atoms with van der Waals surface area (Å²) in [5.41, 5.74) is 0. The van der Waals surface area contributed by atoms with Crippen LogP contribution in [0, 0.1) is 6.92 Å². The summed E-state index contributed by atoms with van der Waals surface area (Å²) in [4.78, 5) is 9.79. The predicted octanol–water partition coefficient (Wildman–Crippen LogP) is 2.10. The van der Waals surface area contributed by atoms with Crippen LogP contribution in [0.15, 0.2) is 28.4 Å². The highest BCUT2D eigenvalue weighted by atomic mass is 32.2. The van der Waals surface area contributed by atoms with E-state index in [2.05, 4.69) is 20.4 Å². The van der Waals surface area contributed by atoms with E-state index in [1.54, 1.807) is 16.4 Å². The van der Waals surface area contributed by atoms with Crippen LogP contribution in [0.2, 0.25) is 0 Å². The average molecular weight is 249 g/mol. The van der Waals surface area contributed by atoms with Gasteiger partial charge in [-0.25, -0.2) is 9.97 Å². The fourth-order valence-electron chi connectivity index (χ4n) is 1.44. The van der Waals surface area contributed by atoms with Gasteiger partial charge in [0.2, 0.25) is 0 Å². The molecule has 0 fully saturated rings. The van der Waals surface area contributed by atoms with Crippen LogP contribution in [0.5, 0.6) is 0 Å². The van der Waals surface area contributed by atoms with Gasteiger partial charge in [-0.1, -0.05) is 11.8 Å². The van der Waals surface area contributed by atoms with E-state index < -0.39 is 0 Å². The summed E-state index contributed by atoms with van der Waals surface area (Å²) in [5.74, 6) is 1.64. The Kier molecular flexibility index (Phi) is 3.63. The van der Waals surface area contributed by atoms with E-state index in [1.165, 1.54) is 0 Å². The molecule has 0 atom stereocenters. The van der Waals surface area contributed by atoms with Crippen molar-refractivity contribution in [3.63, 3.8) is 0 Å². The molecule has 0 bridgehead atoms. The van der Waals surface area contributed by atoms with Gasteiger partial charge in [-0.15, -0.1) is 0 Å². The normalized spacial score (nSPS) is 10.5. The number of hydrogen-bond donors (Lipinski definition) is 1. The molecule has 5 nitrogen and oxygen atoms in total. The molecular formula is C11H15N5S. The molecule has 0 aromatic carbocycles. The summed E-state index contributed by atoms with van der Waals surface area (Å²) in [6, 6.07) is 1.95. The Hall–Kier alpha value is -1.56. The van der Waals surface area contributed by atoms with Gasteiger partial charge in [-0.3, -0.25) is 4.68 Å². The summed E-state index contributed by atoms with van der Waals surface area (Å²) < 4.78 is 1.78. The van der Waals surface area contributed by atoms with E-state index in [0.29, 0.717) is 0 Å². The van der Waals surface area contributed by atoms with E-state index in [9.17, 15) is 0 Å². The first kappa shape index (κ1) is 11.9. The van der Waals surface area contributed by atoms with Gasteiger partial charge in [0.05, 0.1) is 11.1 Å². The van der Waals surface area contributed by atoms with Crippen molar-refractivity contribution in [3.8, 4) is 0 Å². The molecule has 1 N–H and O–H groups in total. The number of rotatable bonds is 4. The van der Waals surface area contributed by atoms with Gasteiger partial charge in [0.1, 0.15) is 16.7 Å². The van der Waals surface area contributed by atoms with Crippen LogP contribution in [0.25, 0.3) is 0 Å². The molecule has 0 radical (unpaired) electrons. The third-order valence-corrected chi connectivity index (χ3v) is 2.94. The van der Waals surface area contributed by atoms with Crippen molar-refractivity contribution in [1.82, 2.24) is 19.7 Å². The van der Waals surface area contributed by atoms with E-state index >= 15 is 0 Å². The molecule has 0 saturated carbocycles. The second-order valence-electron chi connectivity index (χ2n) is 3.62. The lowest BCUT2D eigenvalue weighted by Gasteiger charge is -2.05. The maximum absolute atomic E-state index is 4.40. The lowest BCUT2D eigenvalue weighted by Crippen LogP contribution is -2.01. The van der Waals surface area contributed by atoms with E-state index in [0.717, 1.165) is 28.1 Å². The number of aromatic nitrogens is 4. The quantitative estimate of drug-likeness (QED) is 0.841. The average Bonchev–Trinajstić information content (AvgIpc) is 2.63. The topological polar surface area (TPSA) is 55.6 Å². The summed E-state index contributed by atoms with van der Waals surface area (Å²) in [5, 5.41) is 8.26. The number of anilines is 1. The molecule has 0 aliphatic carbocycles. The third-order valence-electron chi connectivity index (χ3n) is 2.08. The van der Waals surface area contributed by atoms with Crippen LogP contribution < -0.4 is 5.32 Å². The molecule has 2 aromatic heterocycles. The Balaban J connectivity index is 2.20. The Morgan fingerprint density at radius 1 is 1.41 bits per heavy atom. The van der Waals surface area contributed by atoms with Crippen LogP contribution >= 0.6 is 11.8 Å². The summed E-state index contributed by atoms with van der Waals surface area (Å²) >= 11 is 1.59. The number of hydrogen-bond acceptors (Lipinski definition) is 5. The van der Waals surface area contributed by atoms with Crippen molar-refractivity contribution >= 4 is 17.6 Å². The summed E-state index contributed by atoms with van der Waals surface area (Å²) in [7, 11) is 1.90. The molecular weight excluding hydrogens is 234 g/mol. The maximum Gasteiger partial charge on any atom is 0.130 e. The SMILES string of the molecule is CCNc1cc(Sc2cnn(C)c2)nc(C)n1. The van der Waals surface area contributed by atoms with Crippen LogP contribution in [0.3, 0.4) is 0 Å². The van der Waals surface area contributed by atoms with Gasteiger partial charge in [-0.2, -0.15) is 5.10 Å². The first-order valence-corrected chi connectivity index (χ1v) is 6.25. The molecule has 2 rings (SSSR count). The minimum absolute atomic E-state index is 0.773. The zero-order valence-electron chi connectivity index (χ0n) is 10.1. The Morgan fingerprint density at radius 2 is 2.24 bits per heavy atom. The Labute approximate surface area is 105 Å². The molecule has 0 unspecified atom stereocenters. The first-order valence-electron chi connectivity index (χ1n) is 5.43. The van der Waals surface area contributed by atoms with E-state index in [-0.39, 0.29) is 0 Å². The second-order valence-corrected chi connectivity index (χ2v) is 4.71. The minimum Gasteiger partial charge on any atom is -0.370 e. The third kappa shape index (κ3) is 3.20. The fraction of sp³-hybridized carbons (Fsp3) is 0.364. The molecule has 0 spiro atoms. The molecule has 2 heterocycles. The number of nitrogens with zero attached hydrogens (tertiary/aromatic N) is 4. The molecule has 0 amide bonds. The van der Waals surface area contributed by atoms with Gasteiger partial charge in [0, 0.05) is 25.9 Å². The summed E-state index contributed by atoms with van der Waals surface area (Å²) in [6.07, 6.45) is 3.80. The molecule has 0 aliphatic rings. The summed E-state index contributed by atoms with van der Waals surface area (Å²) in [6.45, 7) is 4.80. The van der Waals surface area contributed by atoms with Crippen molar-refractivity contribution in [2.75, 3.05) is 11.9 Å². The van der Waals surface area contributed by atoms with Crippen LogP contribution in [-0.4, -0.2) is 26.3 Å². The Morgan fingerprint density at radius 3 is 2.88 bits per heavy atom. The lowest BCUT2D eigenvalue weighted by molar-refractivity contribution is 0.766. The van der Waals surface area contributed by atoms with Crippen LogP contribution in [-0.2, 0) is 7.05 Å². The highest BCUT2D eigenvalue weighted by molar-refractivity contribution is 7.99. The molecule has 0 saturated heterocycles. The highest BCUT2D eigenvalue weighted by Gasteiger charge is 2.04. The maximum atomic E-state index is 4.40. The van der Waals surface area contributed by atoms with Crippen LogP contribution in [0.4, 0.5) is 5.82 Å². The van der Waals surface area contributed by atoms with Crippen molar-refractivity contribution < 1.29 is 0 Å². The molecule has 17 heavy (non-hydrogen) atoms. The van der Waals surface area contributed by atoms with Crippen molar-refractivity contribution in [1.29, 1.82) is 0 Å². The van der Waals surface area contributed by atoms with E-state index in [1.807, 2.05) is 39.4 Å². The van der Waals surface area contributed by atoms with Crippen molar-refractivity contribution in [2.24, 2.45) is 7.05 Å². The van der Waals surface area contributed by atoms with Gasteiger partial charge in [-0.05, 0) is 13.8 Å². The lowest BCUT2D eigenvalue weighted by atomic mass is 10.5. The number of nitrogens with one attached hydrogen (secondary N) is 1. The van der Waals surface area contributed by atoms with Crippen molar-refractivity contribution in [2.45, 2.75) is 23.8 Å². The van der Waals surface area contributed by atoms with Gasteiger partial charge in [0.15, 0.2) is 0 Å². The second kappa shape index (κ2) is 5.18. The minimum atomic E-state index is 0.773. The zero-order valence-corrected chi connectivity index (χ0v) is 11.0. The molecule has 90 valence electrons. The van der Waals surface area contributed by atoms with Gasteiger partial charge >= 0.3 is 0 Å². The standard InChI is InChI=1S/C11H15N5S/c1-4-12-10-5-11(15-8(2)14-10)17-9-6-13-16(3)7-9/h5-7H,4H2,1-3H3,(H,12,14,15). The first-order chi connectivity index (χ1) is 8.17. The molecule has 6 heteroatoms. The van der Waals surface area contributed by atoms with Crippen LogP contribution in [0.1, 0.15) is 12.7 Å². The smallest absolute Gasteiger partial charge is 0.130 e. The van der Waals surface area contributed by atoms with E-state index in [4.69, 9.17) is 0 Å². The van der Waals surface area contributed by atoms with Crippen molar-refractivity contribution in [3.05, 3.63) is 24.3 Å². The predicted molar refractivity (Wildman–Crippen MR) is 68.3 cm³/mol. The molecule has 0 aliphatic heterocycles. The van der Waals surface area contributed by atoms with Gasteiger partial charge < -0.3 is 5.32 Å².